The van der Waals surface area contributed by atoms with Gasteiger partial charge in [0.25, 0.3) is 16.6 Å². The van der Waals surface area contributed by atoms with Gasteiger partial charge < -0.3 is 24.2 Å². The first-order valence-electron chi connectivity index (χ1n) is 19.3. The highest BCUT2D eigenvalue weighted by atomic mass is 28.4. The first kappa shape index (κ1) is 40.0. The van der Waals surface area contributed by atoms with Gasteiger partial charge in [0.2, 0.25) is 0 Å². The minimum Gasteiger partial charge on any atom is -0.424 e. The fourth-order valence-corrected chi connectivity index (χ4v) is 17.9. The third-order valence-corrected chi connectivity index (χ3v) is 21.4. The topological polar surface area (TPSA) is 79.2 Å². The van der Waals surface area contributed by atoms with Crippen LogP contribution < -0.4 is 20.7 Å². The average molecular weight is 759 g/mol. The quantitative estimate of drug-likeness (QED) is 0.128. The number of hydrogen-bond acceptors (Lipinski definition) is 5. The Kier molecular flexibility index (Phi) is 11.7. The molecule has 0 radical (unpaired) electrons. The third-order valence-electron chi connectivity index (χ3n) is 11.9. The van der Waals surface area contributed by atoms with Crippen LogP contribution in [0.2, 0.25) is 10.1 Å². The molecule has 5 aromatic carbocycles. The normalized spacial score (nSPS) is 21.2. The number of hydrogen-bond donors (Lipinski definition) is 3. The Morgan fingerprint density at radius 3 is 1.44 bits per heavy atom. The smallest absolute Gasteiger partial charge is 0.261 e. The van der Waals surface area contributed by atoms with Gasteiger partial charge in [0.05, 0.1) is 18.8 Å². The summed E-state index contributed by atoms with van der Waals surface area (Å²) >= 11 is 0. The molecule has 1 heterocycles. The molecule has 3 N–H and O–H groups in total. The van der Waals surface area contributed by atoms with Crippen LogP contribution in [0.15, 0.2) is 133 Å². The molecule has 2 unspecified atom stereocenters. The van der Waals surface area contributed by atoms with Crippen molar-refractivity contribution in [2.75, 3.05) is 6.61 Å². The van der Waals surface area contributed by atoms with Crippen LogP contribution in [0, 0.1) is 26.7 Å². The van der Waals surface area contributed by atoms with Crippen LogP contribution >= 0.6 is 0 Å². The molecular formula is C47H58O5Si2. The molecule has 5 atom stereocenters. The summed E-state index contributed by atoms with van der Waals surface area (Å²) in [4.78, 5) is 13.3. The number of aliphatic hydroxyl groups is 2. The van der Waals surface area contributed by atoms with E-state index in [1.807, 2.05) is 72.8 Å². The van der Waals surface area contributed by atoms with Crippen LogP contribution in [0.1, 0.15) is 69.4 Å². The van der Waals surface area contributed by atoms with E-state index in [9.17, 15) is 15.0 Å². The Hall–Kier alpha value is -3.67. The molecule has 5 aromatic rings. The van der Waals surface area contributed by atoms with Gasteiger partial charge in [-0.2, -0.15) is 0 Å². The van der Waals surface area contributed by atoms with Gasteiger partial charge in [-0.15, -0.1) is 0 Å². The molecule has 1 aliphatic heterocycles. The van der Waals surface area contributed by atoms with Crippen molar-refractivity contribution in [3.05, 3.63) is 156 Å². The van der Waals surface area contributed by atoms with Crippen LogP contribution in [0.25, 0.3) is 0 Å². The SMILES string of the molecule is Cc1cc(C)c([C@@H]2O[C@H](CO)C(O[Si](c3ccccc3)(c3ccccc3)C(C)(C)C)[C@H](O)C2CC(C)(C)[Si](O)(c2ccccc2)c2ccccc2)c(C)c1. The van der Waals surface area contributed by atoms with Crippen molar-refractivity contribution in [1.29, 1.82) is 0 Å². The molecule has 0 amide bonds. The highest BCUT2D eigenvalue weighted by Gasteiger charge is 2.58. The number of benzene rings is 5. The molecule has 284 valence electrons. The largest absolute Gasteiger partial charge is 0.424 e. The fourth-order valence-electron chi connectivity index (χ4n) is 9.39. The maximum atomic E-state index is 13.3. The highest BCUT2D eigenvalue weighted by Crippen LogP contribution is 2.51. The predicted octanol–water partition coefficient (Wildman–Crippen LogP) is 6.89. The molecule has 0 spiro atoms. The summed E-state index contributed by atoms with van der Waals surface area (Å²) in [6.07, 6.45) is -2.80. The number of ether oxygens (including phenoxy) is 1. The molecule has 5 nitrogen and oxygen atoms in total. The van der Waals surface area contributed by atoms with Crippen LogP contribution in [0.4, 0.5) is 0 Å². The van der Waals surface area contributed by atoms with Gasteiger partial charge in [0, 0.05) is 5.92 Å². The van der Waals surface area contributed by atoms with E-state index in [1.165, 1.54) is 0 Å². The van der Waals surface area contributed by atoms with E-state index in [-0.39, 0.29) is 11.6 Å². The fraction of sp³-hybridized carbons (Fsp3) is 0.362. The van der Waals surface area contributed by atoms with E-state index < -0.39 is 52.0 Å². The summed E-state index contributed by atoms with van der Waals surface area (Å²) in [6, 6.07) is 45.2. The van der Waals surface area contributed by atoms with E-state index in [1.54, 1.807) is 0 Å². The Morgan fingerprint density at radius 2 is 1.06 bits per heavy atom. The van der Waals surface area contributed by atoms with Crippen LogP contribution in [0.5, 0.6) is 0 Å². The van der Waals surface area contributed by atoms with Crippen molar-refractivity contribution in [1.82, 2.24) is 0 Å². The number of aliphatic hydroxyl groups excluding tert-OH is 2. The first-order chi connectivity index (χ1) is 25.7. The predicted molar refractivity (Wildman–Crippen MR) is 226 cm³/mol. The molecule has 54 heavy (non-hydrogen) atoms. The Morgan fingerprint density at radius 1 is 0.648 bits per heavy atom. The van der Waals surface area contributed by atoms with E-state index >= 15 is 0 Å². The molecule has 0 aliphatic carbocycles. The third kappa shape index (κ3) is 7.24. The summed E-state index contributed by atoms with van der Waals surface area (Å²) in [5.41, 5.74) is 4.33. The second kappa shape index (κ2) is 15.8. The van der Waals surface area contributed by atoms with Gasteiger partial charge >= 0.3 is 0 Å². The van der Waals surface area contributed by atoms with Gasteiger partial charge in [0.1, 0.15) is 12.2 Å². The zero-order valence-electron chi connectivity index (χ0n) is 33.2. The van der Waals surface area contributed by atoms with Crippen molar-refractivity contribution in [2.45, 2.75) is 96.3 Å². The van der Waals surface area contributed by atoms with Gasteiger partial charge in [-0.25, -0.2) is 0 Å². The summed E-state index contributed by atoms with van der Waals surface area (Å²) in [5, 5.41) is 27.3. The van der Waals surface area contributed by atoms with Crippen molar-refractivity contribution >= 4 is 37.4 Å². The van der Waals surface area contributed by atoms with Crippen molar-refractivity contribution in [3.8, 4) is 0 Å². The molecule has 7 heteroatoms. The molecule has 1 aliphatic rings. The second-order valence-corrected chi connectivity index (χ2v) is 25.2. The van der Waals surface area contributed by atoms with Crippen molar-refractivity contribution < 1.29 is 24.2 Å². The molecule has 0 bridgehead atoms. The van der Waals surface area contributed by atoms with Crippen LogP contribution in [-0.4, -0.2) is 56.6 Å². The molecule has 0 aromatic heterocycles. The maximum Gasteiger partial charge on any atom is 0.261 e. The lowest BCUT2D eigenvalue weighted by atomic mass is 9.76. The van der Waals surface area contributed by atoms with E-state index in [4.69, 9.17) is 9.16 Å². The van der Waals surface area contributed by atoms with Crippen molar-refractivity contribution in [2.24, 2.45) is 5.92 Å². The lowest BCUT2D eigenvalue weighted by molar-refractivity contribution is -0.209. The Labute approximate surface area is 324 Å². The summed E-state index contributed by atoms with van der Waals surface area (Å²) in [7, 11) is -6.68. The van der Waals surface area contributed by atoms with E-state index in [0.29, 0.717) is 6.42 Å². The number of aryl methyl sites for hydroxylation is 3. The van der Waals surface area contributed by atoms with Gasteiger partial charge in [-0.1, -0.05) is 174 Å². The second-order valence-electron chi connectivity index (χ2n) is 17.0. The maximum absolute atomic E-state index is 13.3. The zero-order chi connectivity index (χ0) is 38.9. The van der Waals surface area contributed by atoms with Gasteiger partial charge in [0.15, 0.2) is 0 Å². The van der Waals surface area contributed by atoms with Crippen LogP contribution in [-0.2, 0) is 9.16 Å². The lowest BCUT2D eigenvalue weighted by Gasteiger charge is -2.53. The standard InChI is InChI=1S/C47H58O5Si2/c1-33-29-34(2)42(35(3)30-33)44-40(31-47(7,8)53(50,36-21-13-9-14-22-36)37-23-15-10-16-24-37)43(49)45(41(32-48)51-44)52-54(46(4,5)6,38-25-17-11-18-26-38)39-27-19-12-20-28-39/h9-30,40-41,43-45,48-50H,31-32H2,1-8H3/t40?,41-,43-,44-,45?/m1/s1. The number of rotatable bonds is 11. The van der Waals surface area contributed by atoms with E-state index in [2.05, 4.69) is 116 Å². The molecule has 0 saturated carbocycles. The first-order valence-corrected chi connectivity index (χ1v) is 23.2. The monoisotopic (exact) mass is 758 g/mol. The molecular weight excluding hydrogens is 701 g/mol. The molecule has 1 fully saturated rings. The minimum atomic E-state index is -3.49. The summed E-state index contributed by atoms with van der Waals surface area (Å²) in [5.74, 6) is -0.488. The Balaban J connectivity index is 1.54. The Bertz CT molecular complexity index is 1880. The average Bonchev–Trinajstić information content (AvgIpc) is 3.15. The zero-order valence-corrected chi connectivity index (χ0v) is 35.2. The van der Waals surface area contributed by atoms with E-state index in [0.717, 1.165) is 43.0 Å². The van der Waals surface area contributed by atoms with Gasteiger partial charge in [-0.05, 0) is 74.7 Å². The summed E-state index contributed by atoms with van der Waals surface area (Å²) in [6.45, 7) is 16.9. The lowest BCUT2D eigenvalue weighted by Crippen LogP contribution is -2.71. The van der Waals surface area contributed by atoms with Crippen LogP contribution in [0.3, 0.4) is 0 Å². The molecule has 6 rings (SSSR count). The highest BCUT2D eigenvalue weighted by molar-refractivity contribution is 6.99. The van der Waals surface area contributed by atoms with Gasteiger partial charge in [-0.3, -0.25) is 0 Å². The summed E-state index contributed by atoms with van der Waals surface area (Å²) < 4.78 is 14.8. The molecule has 1 saturated heterocycles. The minimum absolute atomic E-state index is 0.316. The van der Waals surface area contributed by atoms with Crippen molar-refractivity contribution in [3.63, 3.8) is 0 Å².